The molecule has 0 spiro atoms. The van der Waals surface area contributed by atoms with E-state index >= 15 is 0 Å². The lowest BCUT2D eigenvalue weighted by molar-refractivity contribution is -0.139. The SMILES string of the molecule is CC([C@H](C)C(N)C(=O)O)S(=O)(=O)O. The van der Waals surface area contributed by atoms with Crippen LogP contribution in [-0.2, 0) is 14.9 Å². The van der Waals surface area contributed by atoms with Gasteiger partial charge in [0.2, 0.25) is 0 Å². The average Bonchev–Trinajstić information content (AvgIpc) is 1.98. The van der Waals surface area contributed by atoms with Crippen LogP contribution in [-0.4, -0.2) is 35.3 Å². The maximum absolute atomic E-state index is 10.6. The Balaban J connectivity index is 4.62. The van der Waals surface area contributed by atoms with E-state index in [1.54, 1.807) is 0 Å². The number of aliphatic carboxylic acids is 1. The van der Waals surface area contributed by atoms with Crippen molar-refractivity contribution in [1.82, 2.24) is 0 Å². The summed E-state index contributed by atoms with van der Waals surface area (Å²) in [5, 5.41) is 7.28. The molecule has 0 aromatic heterocycles. The molecule has 0 rings (SSSR count). The van der Waals surface area contributed by atoms with Crippen LogP contribution in [0, 0.1) is 5.92 Å². The summed E-state index contributed by atoms with van der Waals surface area (Å²) in [5.41, 5.74) is 5.18. The smallest absolute Gasteiger partial charge is 0.320 e. The molecular weight excluding hydrogens is 198 g/mol. The molecule has 0 heterocycles. The molecular formula is C6H13NO5S. The molecule has 0 aliphatic heterocycles. The summed E-state index contributed by atoms with van der Waals surface area (Å²) >= 11 is 0. The van der Waals surface area contributed by atoms with Gasteiger partial charge in [-0.3, -0.25) is 9.35 Å². The highest BCUT2D eigenvalue weighted by Crippen LogP contribution is 2.13. The van der Waals surface area contributed by atoms with E-state index in [2.05, 4.69) is 0 Å². The number of carboxylic acid groups (broad SMARTS) is 1. The molecule has 0 aliphatic rings. The zero-order valence-electron chi connectivity index (χ0n) is 7.34. The van der Waals surface area contributed by atoms with E-state index < -0.39 is 33.3 Å². The molecule has 6 nitrogen and oxygen atoms in total. The third-order valence-electron chi connectivity index (χ3n) is 2.06. The second kappa shape index (κ2) is 4.03. The van der Waals surface area contributed by atoms with Crippen molar-refractivity contribution in [2.24, 2.45) is 11.7 Å². The Kier molecular flexibility index (Phi) is 3.83. The van der Waals surface area contributed by atoms with Gasteiger partial charge in [0.25, 0.3) is 10.1 Å². The van der Waals surface area contributed by atoms with Crippen molar-refractivity contribution in [2.45, 2.75) is 25.1 Å². The van der Waals surface area contributed by atoms with Crippen LogP contribution < -0.4 is 5.73 Å². The van der Waals surface area contributed by atoms with Gasteiger partial charge in [-0.15, -0.1) is 0 Å². The van der Waals surface area contributed by atoms with Gasteiger partial charge in [0, 0.05) is 5.92 Å². The first-order valence-corrected chi connectivity index (χ1v) is 5.13. The minimum absolute atomic E-state index is 0.840. The first kappa shape index (κ1) is 12.3. The molecule has 13 heavy (non-hydrogen) atoms. The standard InChI is InChI=1S/C6H13NO5S/c1-3(5(7)6(8)9)4(2)13(10,11)12/h3-5H,7H2,1-2H3,(H,8,9)(H,10,11,12)/t3-,4?,5?/m0/s1. The molecule has 2 unspecified atom stereocenters. The number of carboxylic acids is 1. The predicted molar refractivity (Wildman–Crippen MR) is 45.8 cm³/mol. The number of nitrogens with two attached hydrogens (primary N) is 1. The number of hydrogen-bond donors (Lipinski definition) is 3. The third-order valence-corrected chi connectivity index (χ3v) is 3.43. The van der Waals surface area contributed by atoms with Gasteiger partial charge < -0.3 is 10.8 Å². The molecule has 0 aliphatic carbocycles. The molecule has 0 radical (unpaired) electrons. The van der Waals surface area contributed by atoms with Crippen molar-refractivity contribution in [3.63, 3.8) is 0 Å². The summed E-state index contributed by atoms with van der Waals surface area (Å²) < 4.78 is 29.8. The lowest BCUT2D eigenvalue weighted by Crippen LogP contribution is -2.43. The number of carbonyl (C=O) groups is 1. The molecule has 0 saturated heterocycles. The van der Waals surface area contributed by atoms with Gasteiger partial charge in [-0.05, 0) is 6.92 Å². The van der Waals surface area contributed by atoms with E-state index in [4.69, 9.17) is 15.4 Å². The maximum atomic E-state index is 10.6. The number of rotatable bonds is 4. The molecule has 0 amide bonds. The fourth-order valence-corrected chi connectivity index (χ4v) is 1.50. The molecule has 4 N–H and O–H groups in total. The molecule has 0 aromatic rings. The summed E-state index contributed by atoms with van der Waals surface area (Å²) in [4.78, 5) is 10.4. The Bertz CT molecular complexity index is 285. The van der Waals surface area contributed by atoms with Crippen LogP contribution in [0.4, 0.5) is 0 Å². The maximum Gasteiger partial charge on any atom is 0.320 e. The van der Waals surface area contributed by atoms with Crippen LogP contribution in [0.2, 0.25) is 0 Å². The van der Waals surface area contributed by atoms with Crippen molar-refractivity contribution in [1.29, 1.82) is 0 Å². The number of hydrogen-bond acceptors (Lipinski definition) is 4. The summed E-state index contributed by atoms with van der Waals surface area (Å²) in [7, 11) is -4.22. The van der Waals surface area contributed by atoms with Crippen molar-refractivity contribution in [2.75, 3.05) is 0 Å². The fraction of sp³-hybridized carbons (Fsp3) is 0.833. The Morgan fingerprint density at radius 1 is 1.38 bits per heavy atom. The first-order chi connectivity index (χ1) is 5.68. The van der Waals surface area contributed by atoms with Gasteiger partial charge in [-0.1, -0.05) is 6.92 Å². The molecule has 3 atom stereocenters. The zero-order valence-corrected chi connectivity index (χ0v) is 8.15. The van der Waals surface area contributed by atoms with E-state index in [1.165, 1.54) is 13.8 Å². The van der Waals surface area contributed by atoms with Crippen LogP contribution in [0.5, 0.6) is 0 Å². The minimum Gasteiger partial charge on any atom is -0.480 e. The predicted octanol–water partition coefficient (Wildman–Crippen LogP) is -0.689. The quantitative estimate of drug-likeness (QED) is 0.530. The van der Waals surface area contributed by atoms with Crippen LogP contribution in [0.15, 0.2) is 0 Å². The first-order valence-electron chi connectivity index (χ1n) is 3.62. The normalized spacial score (nSPS) is 19.1. The Morgan fingerprint density at radius 3 is 2.00 bits per heavy atom. The van der Waals surface area contributed by atoms with E-state index in [0.29, 0.717) is 0 Å². The van der Waals surface area contributed by atoms with Crippen LogP contribution in [0.3, 0.4) is 0 Å². The molecule has 7 heteroatoms. The summed E-state index contributed by atoms with van der Waals surface area (Å²) in [5.74, 6) is -2.13. The van der Waals surface area contributed by atoms with Crippen molar-refractivity contribution < 1.29 is 22.9 Å². The summed E-state index contributed by atoms with van der Waals surface area (Å²) in [6.45, 7) is 2.57. The lowest BCUT2D eigenvalue weighted by Gasteiger charge is -2.20. The van der Waals surface area contributed by atoms with Crippen LogP contribution in [0.25, 0.3) is 0 Å². The highest BCUT2D eigenvalue weighted by atomic mass is 32.2. The van der Waals surface area contributed by atoms with Gasteiger partial charge in [0.05, 0.1) is 5.25 Å². The molecule has 0 fully saturated rings. The molecule has 78 valence electrons. The van der Waals surface area contributed by atoms with Gasteiger partial charge in [0.1, 0.15) is 6.04 Å². The Hall–Kier alpha value is -0.660. The Morgan fingerprint density at radius 2 is 1.77 bits per heavy atom. The Labute approximate surface area is 76.5 Å². The van der Waals surface area contributed by atoms with E-state index in [-0.39, 0.29) is 0 Å². The monoisotopic (exact) mass is 211 g/mol. The van der Waals surface area contributed by atoms with Gasteiger partial charge in [0.15, 0.2) is 0 Å². The topological polar surface area (TPSA) is 118 Å². The molecule has 0 bridgehead atoms. The third kappa shape index (κ3) is 3.29. The summed E-state index contributed by atoms with van der Waals surface area (Å²) in [6, 6.07) is -1.29. The average molecular weight is 211 g/mol. The van der Waals surface area contributed by atoms with Crippen LogP contribution in [0.1, 0.15) is 13.8 Å². The van der Waals surface area contributed by atoms with E-state index in [9.17, 15) is 13.2 Å². The van der Waals surface area contributed by atoms with Crippen molar-refractivity contribution in [3.05, 3.63) is 0 Å². The highest BCUT2D eigenvalue weighted by molar-refractivity contribution is 7.86. The van der Waals surface area contributed by atoms with E-state index in [0.717, 1.165) is 0 Å². The second-order valence-electron chi connectivity index (χ2n) is 2.94. The van der Waals surface area contributed by atoms with Gasteiger partial charge in [-0.25, -0.2) is 0 Å². The minimum atomic E-state index is -4.22. The van der Waals surface area contributed by atoms with E-state index in [1.807, 2.05) is 0 Å². The summed E-state index contributed by atoms with van der Waals surface area (Å²) in [6.07, 6.45) is 0. The van der Waals surface area contributed by atoms with Gasteiger partial charge in [-0.2, -0.15) is 8.42 Å². The zero-order chi connectivity index (χ0) is 10.8. The van der Waals surface area contributed by atoms with Crippen LogP contribution >= 0.6 is 0 Å². The largest absolute Gasteiger partial charge is 0.480 e. The lowest BCUT2D eigenvalue weighted by atomic mass is 10.00. The highest BCUT2D eigenvalue weighted by Gasteiger charge is 2.32. The fourth-order valence-electron chi connectivity index (χ4n) is 0.788. The second-order valence-corrected chi connectivity index (χ2v) is 4.72. The van der Waals surface area contributed by atoms with Gasteiger partial charge >= 0.3 is 5.97 Å². The molecule has 0 saturated carbocycles. The van der Waals surface area contributed by atoms with Crippen molar-refractivity contribution in [3.8, 4) is 0 Å². The molecule has 0 aromatic carbocycles. The van der Waals surface area contributed by atoms with Crippen molar-refractivity contribution >= 4 is 16.1 Å².